The monoisotopic (exact) mass is 329 g/mol. The normalized spacial score (nSPS) is 15.4. The maximum absolute atomic E-state index is 12.4. The Morgan fingerprint density at radius 2 is 2.00 bits per heavy atom. The summed E-state index contributed by atoms with van der Waals surface area (Å²) in [6.07, 6.45) is 8.50. The van der Waals surface area contributed by atoms with Gasteiger partial charge in [-0.25, -0.2) is 4.98 Å². The van der Waals surface area contributed by atoms with Crippen LogP contribution in [0.2, 0.25) is 0 Å². The topological polar surface area (TPSA) is 38.1 Å². The molecule has 0 radical (unpaired) electrons. The molecule has 0 bridgehead atoms. The Hall–Kier alpha value is -1.75. The van der Waals surface area contributed by atoms with Gasteiger partial charge >= 0.3 is 0 Å². The first kappa shape index (κ1) is 16.1. The number of carbonyl (C=O) groups is 1. The molecule has 3 rings (SSSR count). The Balaban J connectivity index is 1.65. The Kier molecular flexibility index (Phi) is 5.39. The molecule has 1 fully saturated rings. The van der Waals surface area contributed by atoms with E-state index in [2.05, 4.69) is 30.1 Å². The van der Waals surface area contributed by atoms with Gasteiger partial charge < -0.3 is 4.90 Å². The van der Waals surface area contributed by atoms with E-state index >= 15 is 0 Å². The van der Waals surface area contributed by atoms with Crippen molar-refractivity contribution in [1.82, 2.24) is 14.5 Å². The first-order valence-electron chi connectivity index (χ1n) is 8.25. The number of carbonyl (C=O) groups excluding carboxylic acids is 1. The lowest BCUT2D eigenvalue weighted by molar-refractivity contribution is -0.128. The van der Waals surface area contributed by atoms with E-state index in [0.717, 1.165) is 36.8 Å². The van der Waals surface area contributed by atoms with Crippen molar-refractivity contribution >= 4 is 17.7 Å². The first-order valence-corrected chi connectivity index (χ1v) is 9.23. The van der Waals surface area contributed by atoms with Gasteiger partial charge in [0.05, 0.1) is 5.75 Å². The molecular formula is C18H23N3OS. The minimum Gasteiger partial charge on any atom is -0.342 e. The van der Waals surface area contributed by atoms with Gasteiger partial charge in [-0.2, -0.15) is 0 Å². The number of benzene rings is 1. The number of thioether (sulfide) groups is 1. The molecule has 1 aromatic heterocycles. The first-order chi connectivity index (χ1) is 11.2. The maximum atomic E-state index is 12.4. The van der Waals surface area contributed by atoms with Crippen molar-refractivity contribution in [3.05, 3.63) is 42.2 Å². The summed E-state index contributed by atoms with van der Waals surface area (Å²) in [4.78, 5) is 18.8. The van der Waals surface area contributed by atoms with Crippen molar-refractivity contribution < 1.29 is 4.79 Å². The third-order valence-electron chi connectivity index (χ3n) is 4.17. The van der Waals surface area contributed by atoms with Crippen LogP contribution < -0.4 is 0 Å². The highest BCUT2D eigenvalue weighted by atomic mass is 32.2. The largest absolute Gasteiger partial charge is 0.342 e. The van der Waals surface area contributed by atoms with Crippen LogP contribution in [-0.4, -0.2) is 39.2 Å². The predicted molar refractivity (Wildman–Crippen MR) is 94.1 cm³/mol. The van der Waals surface area contributed by atoms with E-state index in [1.807, 2.05) is 21.7 Å². The van der Waals surface area contributed by atoms with Crippen LogP contribution in [0.5, 0.6) is 0 Å². The molecule has 23 heavy (non-hydrogen) atoms. The van der Waals surface area contributed by atoms with Gasteiger partial charge in [0, 0.05) is 31.2 Å². The highest BCUT2D eigenvalue weighted by Crippen LogP contribution is 2.22. The van der Waals surface area contributed by atoms with Crippen molar-refractivity contribution in [2.24, 2.45) is 0 Å². The fourth-order valence-corrected chi connectivity index (χ4v) is 3.78. The van der Waals surface area contributed by atoms with Gasteiger partial charge in [0.2, 0.25) is 5.91 Å². The standard InChI is InChI=1S/C18H23N3OS/c1-15-7-6-8-16(13-15)21-12-9-19-18(21)23-14-17(22)20-10-4-2-3-5-11-20/h6-9,12-13H,2-5,10-11,14H2,1H3. The summed E-state index contributed by atoms with van der Waals surface area (Å²) in [5.74, 6) is 0.693. The fraction of sp³-hybridized carbons (Fsp3) is 0.444. The van der Waals surface area contributed by atoms with Gasteiger partial charge in [-0.3, -0.25) is 9.36 Å². The van der Waals surface area contributed by atoms with Crippen LogP contribution in [0.4, 0.5) is 0 Å². The SMILES string of the molecule is Cc1cccc(-n2ccnc2SCC(=O)N2CCCCCC2)c1. The quantitative estimate of drug-likeness (QED) is 0.803. The van der Waals surface area contributed by atoms with Crippen molar-refractivity contribution in [3.8, 4) is 5.69 Å². The fourth-order valence-electron chi connectivity index (χ4n) is 2.91. The minimum atomic E-state index is 0.232. The number of rotatable bonds is 4. The average Bonchev–Trinajstić information content (AvgIpc) is 2.85. The zero-order valence-electron chi connectivity index (χ0n) is 13.6. The Labute approximate surface area is 141 Å². The number of aromatic nitrogens is 2. The van der Waals surface area contributed by atoms with Gasteiger partial charge in [-0.1, -0.05) is 36.7 Å². The molecule has 0 N–H and O–H groups in total. The van der Waals surface area contributed by atoms with E-state index in [9.17, 15) is 4.79 Å². The summed E-state index contributed by atoms with van der Waals surface area (Å²) in [5.41, 5.74) is 2.31. The Bertz CT molecular complexity index is 660. The van der Waals surface area contributed by atoms with Crippen LogP contribution in [0.1, 0.15) is 31.2 Å². The van der Waals surface area contributed by atoms with Crippen molar-refractivity contribution in [2.45, 2.75) is 37.8 Å². The smallest absolute Gasteiger partial charge is 0.233 e. The van der Waals surface area contributed by atoms with E-state index in [0.29, 0.717) is 5.75 Å². The average molecular weight is 329 g/mol. The van der Waals surface area contributed by atoms with Crippen molar-refractivity contribution in [2.75, 3.05) is 18.8 Å². The summed E-state index contributed by atoms with van der Waals surface area (Å²) in [6.45, 7) is 3.90. The van der Waals surface area contributed by atoms with E-state index in [1.54, 1.807) is 6.20 Å². The molecule has 0 atom stereocenters. The van der Waals surface area contributed by atoms with Crippen LogP contribution in [0.3, 0.4) is 0 Å². The number of amides is 1. The molecule has 1 aliphatic rings. The minimum absolute atomic E-state index is 0.232. The van der Waals surface area contributed by atoms with E-state index < -0.39 is 0 Å². The third-order valence-corrected chi connectivity index (χ3v) is 5.12. The summed E-state index contributed by atoms with van der Waals surface area (Å²) >= 11 is 1.52. The van der Waals surface area contributed by atoms with Gasteiger partial charge in [-0.05, 0) is 37.5 Å². The highest BCUT2D eigenvalue weighted by Gasteiger charge is 2.17. The van der Waals surface area contributed by atoms with Crippen LogP contribution in [0, 0.1) is 6.92 Å². The molecule has 1 aromatic carbocycles. The molecule has 0 spiro atoms. The molecule has 5 heteroatoms. The predicted octanol–water partition coefficient (Wildman–Crippen LogP) is 3.68. The van der Waals surface area contributed by atoms with Gasteiger partial charge in [-0.15, -0.1) is 0 Å². The number of aryl methyl sites for hydroxylation is 1. The number of hydrogen-bond donors (Lipinski definition) is 0. The van der Waals surface area contributed by atoms with Crippen LogP contribution in [0.25, 0.3) is 5.69 Å². The number of likely N-dealkylation sites (tertiary alicyclic amines) is 1. The zero-order chi connectivity index (χ0) is 16.1. The second-order valence-corrected chi connectivity index (χ2v) is 6.94. The Morgan fingerprint density at radius 3 is 2.74 bits per heavy atom. The molecule has 2 heterocycles. The number of hydrogen-bond acceptors (Lipinski definition) is 3. The van der Waals surface area contributed by atoms with Crippen LogP contribution >= 0.6 is 11.8 Å². The summed E-state index contributed by atoms with van der Waals surface area (Å²) in [7, 11) is 0. The molecule has 2 aromatic rings. The van der Waals surface area contributed by atoms with E-state index in [-0.39, 0.29) is 5.91 Å². The second kappa shape index (κ2) is 7.68. The molecule has 122 valence electrons. The van der Waals surface area contributed by atoms with Crippen molar-refractivity contribution in [1.29, 1.82) is 0 Å². The number of imidazole rings is 1. The zero-order valence-corrected chi connectivity index (χ0v) is 14.4. The van der Waals surface area contributed by atoms with Crippen LogP contribution in [0.15, 0.2) is 41.8 Å². The summed E-state index contributed by atoms with van der Waals surface area (Å²) in [5, 5.41) is 0.874. The molecule has 1 amide bonds. The van der Waals surface area contributed by atoms with Gasteiger partial charge in [0.1, 0.15) is 0 Å². The van der Waals surface area contributed by atoms with Crippen LogP contribution in [-0.2, 0) is 4.79 Å². The number of nitrogens with zero attached hydrogens (tertiary/aromatic N) is 3. The van der Waals surface area contributed by atoms with Crippen molar-refractivity contribution in [3.63, 3.8) is 0 Å². The molecular weight excluding hydrogens is 306 g/mol. The van der Waals surface area contributed by atoms with E-state index in [1.165, 1.54) is 30.2 Å². The van der Waals surface area contributed by atoms with Gasteiger partial charge in [0.15, 0.2) is 5.16 Å². The highest BCUT2D eigenvalue weighted by molar-refractivity contribution is 7.99. The summed E-state index contributed by atoms with van der Waals surface area (Å²) < 4.78 is 2.05. The lowest BCUT2D eigenvalue weighted by Crippen LogP contribution is -2.33. The van der Waals surface area contributed by atoms with E-state index in [4.69, 9.17) is 0 Å². The maximum Gasteiger partial charge on any atom is 0.233 e. The second-order valence-electron chi connectivity index (χ2n) is 6.00. The lowest BCUT2D eigenvalue weighted by Gasteiger charge is -2.20. The third kappa shape index (κ3) is 4.16. The van der Waals surface area contributed by atoms with Gasteiger partial charge in [0.25, 0.3) is 0 Å². The Morgan fingerprint density at radius 1 is 1.22 bits per heavy atom. The lowest BCUT2D eigenvalue weighted by atomic mass is 10.2. The molecule has 0 unspecified atom stereocenters. The molecule has 4 nitrogen and oxygen atoms in total. The summed E-state index contributed by atoms with van der Waals surface area (Å²) in [6, 6.07) is 8.31. The molecule has 0 saturated carbocycles. The molecule has 1 saturated heterocycles. The molecule has 1 aliphatic heterocycles. The molecule has 0 aliphatic carbocycles.